The molecule has 0 saturated heterocycles. The van der Waals surface area contributed by atoms with Crippen molar-refractivity contribution in [3.05, 3.63) is 76.1 Å². The Morgan fingerprint density at radius 3 is 2.82 bits per heavy atom. The number of thiophene rings is 1. The average molecular weight is 553 g/mol. The molecule has 2 aromatic heterocycles. The van der Waals surface area contributed by atoms with Crippen LogP contribution in [0, 0.1) is 17.7 Å². The van der Waals surface area contributed by atoms with Crippen LogP contribution in [0.3, 0.4) is 0 Å². The predicted octanol–water partition coefficient (Wildman–Crippen LogP) is 5.02. The van der Waals surface area contributed by atoms with Crippen molar-refractivity contribution in [3.8, 4) is 17.6 Å². The maximum absolute atomic E-state index is 13.4. The molecule has 2 amide bonds. The smallest absolute Gasteiger partial charge is 0.315 e. The highest BCUT2D eigenvalue weighted by molar-refractivity contribution is 7.19. The fourth-order valence-corrected chi connectivity index (χ4v) is 4.46. The molecule has 2 heterocycles. The Bertz CT molecular complexity index is 1480. The minimum Gasteiger partial charge on any atom is -0.487 e. The van der Waals surface area contributed by atoms with E-state index in [2.05, 4.69) is 37.8 Å². The van der Waals surface area contributed by atoms with Crippen LogP contribution in [0.4, 0.5) is 20.7 Å². The standard InChI is InChI=1S/C27H26ClFN6O2S/c1-35(2)12-11-31-27(36)30-10-4-7-21-15-22-25(32-17-33-26(22)38-21)34-20-8-9-24(23(28)14-20)37-16-18-5-3-6-19(29)13-18/h3,5-6,8-9,13-15,17H,10-12,16H2,1-2H3,(H2,30,31,36)(H,32,33,34). The second-order valence-corrected chi connectivity index (χ2v) is 9.89. The topological polar surface area (TPSA) is 91.4 Å². The van der Waals surface area contributed by atoms with E-state index in [1.54, 1.807) is 24.3 Å². The van der Waals surface area contributed by atoms with Crippen LogP contribution < -0.4 is 20.7 Å². The Labute approximate surface area is 229 Å². The first-order valence-corrected chi connectivity index (χ1v) is 12.9. The van der Waals surface area contributed by atoms with Crippen LogP contribution in [-0.4, -0.2) is 54.6 Å². The van der Waals surface area contributed by atoms with Gasteiger partial charge in [0, 0.05) is 18.8 Å². The lowest BCUT2D eigenvalue weighted by Crippen LogP contribution is -2.39. The minimum atomic E-state index is -0.314. The normalized spacial score (nSPS) is 10.7. The quantitative estimate of drug-likeness (QED) is 0.253. The number of benzene rings is 2. The summed E-state index contributed by atoms with van der Waals surface area (Å²) in [4.78, 5) is 24.1. The van der Waals surface area contributed by atoms with Gasteiger partial charge in [0.2, 0.25) is 0 Å². The molecule has 0 aliphatic rings. The lowest BCUT2D eigenvalue weighted by molar-refractivity contribution is 0.240. The van der Waals surface area contributed by atoms with Gasteiger partial charge in [0.1, 0.15) is 35.1 Å². The molecule has 0 aliphatic heterocycles. The van der Waals surface area contributed by atoms with E-state index in [4.69, 9.17) is 16.3 Å². The number of anilines is 2. The van der Waals surface area contributed by atoms with Gasteiger partial charge in [0.25, 0.3) is 0 Å². The van der Waals surface area contributed by atoms with Gasteiger partial charge in [-0.25, -0.2) is 19.2 Å². The summed E-state index contributed by atoms with van der Waals surface area (Å²) in [5.41, 5.74) is 1.43. The zero-order chi connectivity index (χ0) is 26.9. The third-order valence-electron chi connectivity index (χ3n) is 5.20. The van der Waals surface area contributed by atoms with Gasteiger partial charge in [0.05, 0.1) is 21.8 Å². The number of fused-ring (bicyclic) bond motifs is 1. The molecular weight excluding hydrogens is 527 g/mol. The van der Waals surface area contributed by atoms with Crippen molar-refractivity contribution < 1.29 is 13.9 Å². The van der Waals surface area contributed by atoms with Gasteiger partial charge >= 0.3 is 6.03 Å². The fourth-order valence-electron chi connectivity index (χ4n) is 3.35. The molecule has 0 aliphatic carbocycles. The molecule has 0 fully saturated rings. The average Bonchev–Trinajstić information content (AvgIpc) is 3.30. The summed E-state index contributed by atoms with van der Waals surface area (Å²) in [5, 5.41) is 9.99. The SMILES string of the molecule is CN(C)CCNC(=O)NCC#Cc1cc2c(Nc3ccc(OCc4cccc(F)c4)c(Cl)c3)ncnc2s1. The summed E-state index contributed by atoms with van der Waals surface area (Å²) < 4.78 is 19.1. The van der Waals surface area contributed by atoms with E-state index >= 15 is 0 Å². The van der Waals surface area contributed by atoms with Crippen LogP contribution in [0.2, 0.25) is 5.02 Å². The molecule has 4 aromatic rings. The molecular formula is C27H26ClFN6O2S. The van der Waals surface area contributed by atoms with Gasteiger partial charge in [-0.15, -0.1) is 11.3 Å². The number of rotatable bonds is 9. The van der Waals surface area contributed by atoms with Crippen LogP contribution in [0.5, 0.6) is 5.75 Å². The Morgan fingerprint density at radius 2 is 2.03 bits per heavy atom. The van der Waals surface area contributed by atoms with Gasteiger partial charge in [0.15, 0.2) is 0 Å². The molecule has 3 N–H and O–H groups in total. The number of nitrogens with zero attached hydrogens (tertiary/aromatic N) is 3. The number of hydrogen-bond donors (Lipinski definition) is 3. The largest absolute Gasteiger partial charge is 0.487 e. The summed E-state index contributed by atoms with van der Waals surface area (Å²) in [6, 6.07) is 13.2. The zero-order valence-corrected chi connectivity index (χ0v) is 22.4. The number of halogens is 2. The molecule has 0 spiro atoms. The van der Waals surface area contributed by atoms with E-state index in [1.165, 1.54) is 29.8 Å². The van der Waals surface area contributed by atoms with E-state index in [0.29, 0.717) is 28.7 Å². The van der Waals surface area contributed by atoms with E-state index in [1.807, 2.05) is 31.1 Å². The van der Waals surface area contributed by atoms with Crippen molar-refractivity contribution in [2.24, 2.45) is 0 Å². The minimum absolute atomic E-state index is 0.201. The van der Waals surface area contributed by atoms with Crippen LogP contribution in [0.15, 0.2) is 54.9 Å². The number of ether oxygens (including phenoxy) is 1. The lowest BCUT2D eigenvalue weighted by Gasteiger charge is -2.11. The molecule has 11 heteroatoms. The summed E-state index contributed by atoms with van der Waals surface area (Å²) in [7, 11) is 3.89. The Balaban J connectivity index is 1.37. The highest BCUT2D eigenvalue weighted by Crippen LogP contribution is 2.33. The van der Waals surface area contributed by atoms with E-state index in [-0.39, 0.29) is 25.0 Å². The van der Waals surface area contributed by atoms with E-state index in [9.17, 15) is 9.18 Å². The molecule has 8 nitrogen and oxygen atoms in total. The van der Waals surface area contributed by atoms with Gasteiger partial charge in [-0.3, -0.25) is 0 Å². The van der Waals surface area contributed by atoms with Crippen LogP contribution in [-0.2, 0) is 6.61 Å². The zero-order valence-electron chi connectivity index (χ0n) is 20.8. The van der Waals surface area contributed by atoms with Gasteiger partial charge in [-0.05, 0) is 56.1 Å². The Morgan fingerprint density at radius 1 is 1.16 bits per heavy atom. The highest BCUT2D eigenvalue weighted by Gasteiger charge is 2.10. The Kier molecular flexibility index (Phi) is 9.32. The first-order chi connectivity index (χ1) is 18.4. The van der Waals surface area contributed by atoms with Gasteiger partial charge < -0.3 is 25.6 Å². The molecule has 0 atom stereocenters. The van der Waals surface area contributed by atoms with Crippen LogP contribution in [0.1, 0.15) is 10.4 Å². The monoisotopic (exact) mass is 552 g/mol. The van der Waals surface area contributed by atoms with Crippen LogP contribution in [0.25, 0.3) is 10.2 Å². The summed E-state index contributed by atoms with van der Waals surface area (Å²) in [6.07, 6.45) is 1.48. The predicted molar refractivity (Wildman–Crippen MR) is 150 cm³/mol. The molecule has 0 radical (unpaired) electrons. The number of urea groups is 1. The molecule has 4 rings (SSSR count). The number of amides is 2. The third kappa shape index (κ3) is 7.79. The van der Waals surface area contributed by atoms with Crippen molar-refractivity contribution in [3.63, 3.8) is 0 Å². The van der Waals surface area contributed by atoms with Crippen molar-refractivity contribution >= 4 is 50.7 Å². The van der Waals surface area contributed by atoms with Crippen molar-refractivity contribution in [1.82, 2.24) is 25.5 Å². The van der Waals surface area contributed by atoms with Gasteiger partial charge in [-0.1, -0.05) is 35.6 Å². The van der Waals surface area contributed by atoms with E-state index in [0.717, 1.165) is 27.3 Å². The maximum Gasteiger partial charge on any atom is 0.315 e. The summed E-state index contributed by atoms with van der Waals surface area (Å²) in [6.45, 7) is 1.75. The number of carbonyl (C=O) groups is 1. The molecule has 0 bridgehead atoms. The van der Waals surface area contributed by atoms with Crippen molar-refractivity contribution in [2.45, 2.75) is 6.61 Å². The van der Waals surface area contributed by atoms with Crippen LogP contribution >= 0.6 is 22.9 Å². The summed E-state index contributed by atoms with van der Waals surface area (Å²) >= 11 is 7.86. The number of likely N-dealkylation sites (N-methyl/N-ethyl adjacent to an activating group) is 1. The lowest BCUT2D eigenvalue weighted by atomic mass is 10.2. The van der Waals surface area contributed by atoms with E-state index < -0.39 is 0 Å². The molecule has 38 heavy (non-hydrogen) atoms. The fraction of sp³-hybridized carbons (Fsp3) is 0.222. The van der Waals surface area contributed by atoms with Gasteiger partial charge in [-0.2, -0.15) is 0 Å². The molecule has 0 unspecified atom stereocenters. The first-order valence-electron chi connectivity index (χ1n) is 11.7. The maximum atomic E-state index is 13.4. The second kappa shape index (κ2) is 13.1. The van der Waals surface area contributed by atoms with Crippen molar-refractivity contribution in [1.29, 1.82) is 0 Å². The number of nitrogens with one attached hydrogen (secondary N) is 3. The second-order valence-electron chi connectivity index (χ2n) is 8.46. The highest BCUT2D eigenvalue weighted by atomic mass is 35.5. The third-order valence-corrected chi connectivity index (χ3v) is 6.45. The molecule has 2 aromatic carbocycles. The molecule has 0 saturated carbocycles. The molecule has 196 valence electrons. The Hall–Kier alpha value is -3.91. The van der Waals surface area contributed by atoms with Crippen molar-refractivity contribution in [2.75, 3.05) is 39.0 Å². The summed E-state index contributed by atoms with van der Waals surface area (Å²) in [5.74, 6) is 6.81. The number of carbonyl (C=O) groups excluding carboxylic acids is 1. The first kappa shape index (κ1) is 27.1. The number of aromatic nitrogens is 2. The number of hydrogen-bond acceptors (Lipinski definition) is 7.